The number of β-amino-alcohol motifs (C(OH)–C–C–N with tert-alkyl or cyclic N) is 1. The molecule has 6 heteroatoms. The summed E-state index contributed by atoms with van der Waals surface area (Å²) in [5, 5.41) is 10.2. The smallest absolute Gasteiger partial charge is 0.252 e. The number of imide groups is 1. The molecular formula is C20H27N3O3. The summed E-state index contributed by atoms with van der Waals surface area (Å²) in [6.45, 7) is 7.30. The van der Waals surface area contributed by atoms with Crippen molar-refractivity contribution >= 4 is 11.8 Å². The van der Waals surface area contributed by atoms with Crippen LogP contribution in [0.3, 0.4) is 0 Å². The third-order valence-electron chi connectivity index (χ3n) is 5.80. The Labute approximate surface area is 154 Å². The SMILES string of the molecule is CC(C)CN1CC2(C1)C(=O)N(Cc1ccccc1)C(=O)[C@@H]1C[C@@H](O)CN12. The molecule has 4 rings (SSSR count). The number of aliphatic hydroxyl groups is 1. The summed E-state index contributed by atoms with van der Waals surface area (Å²) in [5.41, 5.74) is 0.300. The minimum atomic E-state index is -0.653. The Morgan fingerprint density at radius 3 is 2.54 bits per heavy atom. The van der Waals surface area contributed by atoms with E-state index in [0.29, 0.717) is 38.5 Å². The van der Waals surface area contributed by atoms with Crippen LogP contribution in [0.5, 0.6) is 0 Å². The number of nitrogens with zero attached hydrogens (tertiary/aromatic N) is 3. The van der Waals surface area contributed by atoms with E-state index in [1.54, 1.807) is 0 Å². The van der Waals surface area contributed by atoms with Gasteiger partial charge in [-0.05, 0) is 17.9 Å². The number of amides is 2. The van der Waals surface area contributed by atoms with Crippen molar-refractivity contribution in [3.63, 3.8) is 0 Å². The maximum absolute atomic E-state index is 13.4. The Morgan fingerprint density at radius 2 is 1.88 bits per heavy atom. The number of piperazine rings is 1. The average Bonchev–Trinajstić information content (AvgIpc) is 2.96. The molecule has 0 aromatic heterocycles. The monoisotopic (exact) mass is 357 g/mol. The molecule has 3 aliphatic heterocycles. The van der Waals surface area contributed by atoms with Crippen LogP contribution in [0.25, 0.3) is 0 Å². The normalized spacial score (nSPS) is 28.7. The molecule has 3 saturated heterocycles. The van der Waals surface area contributed by atoms with Gasteiger partial charge in [0.1, 0.15) is 5.54 Å². The van der Waals surface area contributed by atoms with Crippen molar-refractivity contribution in [1.82, 2.24) is 14.7 Å². The van der Waals surface area contributed by atoms with Gasteiger partial charge in [0.15, 0.2) is 0 Å². The van der Waals surface area contributed by atoms with Crippen LogP contribution >= 0.6 is 0 Å². The molecular weight excluding hydrogens is 330 g/mol. The van der Waals surface area contributed by atoms with Crippen LogP contribution < -0.4 is 0 Å². The molecule has 0 radical (unpaired) electrons. The highest BCUT2D eigenvalue weighted by molar-refractivity contribution is 6.06. The molecule has 0 bridgehead atoms. The molecule has 3 aliphatic rings. The highest BCUT2D eigenvalue weighted by Crippen LogP contribution is 2.40. The molecule has 3 fully saturated rings. The summed E-state index contributed by atoms with van der Waals surface area (Å²) in [6, 6.07) is 9.26. The van der Waals surface area contributed by atoms with Crippen molar-refractivity contribution in [3.8, 4) is 0 Å². The fourth-order valence-electron chi connectivity index (χ4n) is 4.75. The topological polar surface area (TPSA) is 64.1 Å². The molecule has 3 heterocycles. The molecule has 2 amide bonds. The van der Waals surface area contributed by atoms with Crippen LogP contribution in [0.2, 0.25) is 0 Å². The molecule has 1 aromatic rings. The maximum atomic E-state index is 13.4. The summed E-state index contributed by atoms with van der Waals surface area (Å²) in [4.78, 5) is 32.1. The quantitative estimate of drug-likeness (QED) is 0.804. The van der Waals surface area contributed by atoms with E-state index in [4.69, 9.17) is 0 Å². The Hall–Kier alpha value is -1.76. The van der Waals surface area contributed by atoms with Gasteiger partial charge in [-0.15, -0.1) is 0 Å². The fourth-order valence-corrected chi connectivity index (χ4v) is 4.75. The van der Waals surface area contributed by atoms with E-state index in [0.717, 1.165) is 12.1 Å². The van der Waals surface area contributed by atoms with Gasteiger partial charge < -0.3 is 5.11 Å². The first kappa shape index (κ1) is 17.6. The largest absolute Gasteiger partial charge is 0.392 e. The fraction of sp³-hybridized carbons (Fsp3) is 0.600. The second-order valence-electron chi connectivity index (χ2n) is 8.37. The lowest BCUT2D eigenvalue weighted by atomic mass is 9.82. The highest BCUT2D eigenvalue weighted by atomic mass is 16.3. The van der Waals surface area contributed by atoms with Gasteiger partial charge in [0.2, 0.25) is 5.91 Å². The van der Waals surface area contributed by atoms with E-state index in [2.05, 4.69) is 18.7 Å². The summed E-state index contributed by atoms with van der Waals surface area (Å²) in [7, 11) is 0. The van der Waals surface area contributed by atoms with Crippen LogP contribution in [0.1, 0.15) is 25.8 Å². The van der Waals surface area contributed by atoms with Gasteiger partial charge >= 0.3 is 0 Å². The number of carbonyl (C=O) groups excluding carboxylic acids is 2. The summed E-state index contributed by atoms with van der Waals surface area (Å²) in [5.74, 6) is 0.271. The molecule has 0 saturated carbocycles. The zero-order valence-electron chi connectivity index (χ0n) is 15.5. The van der Waals surface area contributed by atoms with Gasteiger partial charge in [-0.25, -0.2) is 0 Å². The second-order valence-corrected chi connectivity index (χ2v) is 8.37. The molecule has 26 heavy (non-hydrogen) atoms. The van der Waals surface area contributed by atoms with Crippen LogP contribution in [0, 0.1) is 5.92 Å². The predicted octanol–water partition coefficient (Wildman–Crippen LogP) is 0.701. The first-order valence-electron chi connectivity index (χ1n) is 9.47. The number of rotatable bonds is 4. The van der Waals surface area contributed by atoms with E-state index >= 15 is 0 Å². The molecule has 0 aliphatic carbocycles. The molecule has 2 atom stereocenters. The van der Waals surface area contributed by atoms with Crippen LogP contribution in [0.4, 0.5) is 0 Å². The van der Waals surface area contributed by atoms with Gasteiger partial charge in [-0.2, -0.15) is 0 Å². The Bertz CT molecular complexity index is 700. The number of hydrogen-bond acceptors (Lipinski definition) is 5. The van der Waals surface area contributed by atoms with Crippen LogP contribution in [-0.2, 0) is 16.1 Å². The van der Waals surface area contributed by atoms with Crippen molar-refractivity contribution in [2.75, 3.05) is 26.2 Å². The molecule has 6 nitrogen and oxygen atoms in total. The van der Waals surface area contributed by atoms with E-state index in [1.807, 2.05) is 35.2 Å². The lowest BCUT2D eigenvalue weighted by Crippen LogP contribution is -2.81. The van der Waals surface area contributed by atoms with Gasteiger partial charge in [-0.3, -0.25) is 24.3 Å². The minimum absolute atomic E-state index is 0.100. The minimum Gasteiger partial charge on any atom is -0.392 e. The molecule has 140 valence electrons. The van der Waals surface area contributed by atoms with Crippen molar-refractivity contribution in [2.24, 2.45) is 5.92 Å². The third-order valence-corrected chi connectivity index (χ3v) is 5.80. The second kappa shape index (κ2) is 6.44. The Morgan fingerprint density at radius 1 is 1.19 bits per heavy atom. The van der Waals surface area contributed by atoms with Gasteiger partial charge in [-0.1, -0.05) is 44.2 Å². The van der Waals surface area contributed by atoms with E-state index in [1.165, 1.54) is 4.90 Å². The third kappa shape index (κ3) is 2.76. The standard InChI is InChI=1S/C20H27N3O3/c1-14(2)9-21-12-20(13-21)19(26)22(10-15-6-4-3-5-7-15)18(25)17-8-16(24)11-23(17)20/h3-7,14,16-17,24H,8-13H2,1-2H3/t16-,17+/m1/s1. The zero-order chi connectivity index (χ0) is 18.5. The van der Waals surface area contributed by atoms with Crippen LogP contribution in [0.15, 0.2) is 30.3 Å². The predicted molar refractivity (Wildman–Crippen MR) is 97.1 cm³/mol. The lowest BCUT2D eigenvalue weighted by Gasteiger charge is -2.59. The summed E-state index contributed by atoms with van der Waals surface area (Å²) in [6.07, 6.45) is -0.118. The van der Waals surface area contributed by atoms with Gasteiger partial charge in [0.25, 0.3) is 5.91 Å². The molecule has 1 spiro atoms. The Balaban J connectivity index is 1.61. The zero-order valence-corrected chi connectivity index (χ0v) is 15.5. The maximum Gasteiger partial charge on any atom is 0.252 e. The summed E-state index contributed by atoms with van der Waals surface area (Å²) < 4.78 is 0. The van der Waals surface area contributed by atoms with E-state index < -0.39 is 11.6 Å². The van der Waals surface area contributed by atoms with Crippen molar-refractivity contribution < 1.29 is 14.7 Å². The summed E-state index contributed by atoms with van der Waals surface area (Å²) >= 11 is 0. The average molecular weight is 357 g/mol. The Kier molecular flexibility index (Phi) is 4.37. The molecule has 0 unspecified atom stereocenters. The van der Waals surface area contributed by atoms with Crippen molar-refractivity contribution in [3.05, 3.63) is 35.9 Å². The first-order chi connectivity index (χ1) is 12.4. The number of fused-ring (bicyclic) bond motifs is 2. The van der Waals surface area contributed by atoms with Crippen LogP contribution in [-0.4, -0.2) is 75.5 Å². The number of hydrogen-bond donors (Lipinski definition) is 1. The molecule has 1 N–H and O–H groups in total. The van der Waals surface area contributed by atoms with E-state index in [-0.39, 0.29) is 17.9 Å². The van der Waals surface area contributed by atoms with Crippen molar-refractivity contribution in [1.29, 1.82) is 0 Å². The van der Waals surface area contributed by atoms with E-state index in [9.17, 15) is 14.7 Å². The number of benzene rings is 1. The number of likely N-dealkylation sites (tertiary alicyclic amines) is 1. The first-order valence-corrected chi connectivity index (χ1v) is 9.47. The number of carbonyl (C=O) groups is 2. The number of aliphatic hydroxyl groups excluding tert-OH is 1. The van der Waals surface area contributed by atoms with Crippen molar-refractivity contribution in [2.45, 2.75) is 44.5 Å². The lowest BCUT2D eigenvalue weighted by molar-refractivity contribution is -0.181. The van der Waals surface area contributed by atoms with Gasteiger partial charge in [0, 0.05) is 26.2 Å². The highest BCUT2D eigenvalue weighted by Gasteiger charge is 2.64. The van der Waals surface area contributed by atoms with Gasteiger partial charge in [0.05, 0.1) is 18.7 Å². The molecule has 1 aromatic carbocycles.